The minimum absolute atomic E-state index is 0.0363. The predicted molar refractivity (Wildman–Crippen MR) is 387 cm³/mol. The van der Waals surface area contributed by atoms with Gasteiger partial charge >= 0.3 is 13.8 Å². The van der Waals surface area contributed by atoms with Crippen LogP contribution in [0.4, 0.5) is 0 Å². The predicted octanol–water partition coefficient (Wildman–Crippen LogP) is 24.2. The number of carbonyl (C=O) groups is 2. The Balaban J connectivity index is 5.05. The lowest BCUT2D eigenvalue weighted by Gasteiger charge is -2.27. The second-order valence-corrected chi connectivity index (χ2v) is 27.9. The molecule has 2 N–H and O–H groups in total. The zero-order valence-electron chi connectivity index (χ0n) is 59.2. The minimum Gasteiger partial charge on any atom is -0.456 e. The first-order valence-electron chi connectivity index (χ1n) is 37.6. The number of nitrogens with one attached hydrogen (secondary N) is 1. The summed E-state index contributed by atoms with van der Waals surface area (Å²) in [6, 6.07) is -0.858. The van der Waals surface area contributed by atoms with Crippen LogP contribution in [-0.4, -0.2) is 74.3 Å². The fourth-order valence-electron chi connectivity index (χ4n) is 10.8. The molecular weight excluding hydrogens is 1120 g/mol. The van der Waals surface area contributed by atoms with Gasteiger partial charge in [-0.1, -0.05) is 317 Å². The number of quaternary nitrogens is 1. The summed E-state index contributed by atoms with van der Waals surface area (Å²) in [5.74, 6) is -0.504. The number of nitrogens with zero attached hydrogens (tertiary/aromatic N) is 1. The van der Waals surface area contributed by atoms with Crippen LogP contribution < -0.4 is 5.32 Å². The van der Waals surface area contributed by atoms with Crippen molar-refractivity contribution in [1.82, 2.24) is 5.32 Å². The molecule has 0 saturated heterocycles. The number of phosphoric acid groups is 1. The highest BCUT2D eigenvalue weighted by molar-refractivity contribution is 7.47. The van der Waals surface area contributed by atoms with E-state index in [9.17, 15) is 19.0 Å². The second-order valence-electron chi connectivity index (χ2n) is 26.4. The summed E-state index contributed by atoms with van der Waals surface area (Å²) in [6.45, 7) is 6.91. The summed E-state index contributed by atoms with van der Waals surface area (Å²) in [5, 5.41) is 3.08. The SMILES string of the molecule is CC/C=C\C/C=C\C/C=C\C/C=C\C/C=C\CCCCCCCCCCCC(=O)NC(COP(=O)(O)OCC[N+](C)(C)C)C(/C=C/CCCCCCCCCCCCC)OC(=O)CCCCCCCCCCCCCCCCC/C=C\C/C=C\CCCCC. The Morgan fingerprint density at radius 1 is 0.404 bits per heavy atom. The van der Waals surface area contributed by atoms with Gasteiger partial charge in [-0.3, -0.25) is 18.6 Å². The Labute approximate surface area is 551 Å². The molecule has 3 atom stereocenters. The largest absolute Gasteiger partial charge is 0.472 e. The van der Waals surface area contributed by atoms with Gasteiger partial charge in [0.05, 0.1) is 33.8 Å². The van der Waals surface area contributed by atoms with Crippen LogP contribution in [0.15, 0.2) is 97.2 Å². The van der Waals surface area contributed by atoms with Crippen LogP contribution >= 0.6 is 7.82 Å². The zero-order valence-corrected chi connectivity index (χ0v) is 60.1. The number of phosphoric ester groups is 1. The molecule has 0 aliphatic heterocycles. The van der Waals surface area contributed by atoms with Crippen molar-refractivity contribution in [3.8, 4) is 0 Å². The number of hydrogen-bond donors (Lipinski definition) is 2. The molecule has 3 unspecified atom stereocenters. The number of allylic oxidation sites excluding steroid dienone is 15. The summed E-state index contributed by atoms with van der Waals surface area (Å²) in [6.07, 6.45) is 92.8. The van der Waals surface area contributed by atoms with Gasteiger partial charge in [-0.05, 0) is 109 Å². The van der Waals surface area contributed by atoms with E-state index < -0.39 is 20.0 Å². The highest BCUT2D eigenvalue weighted by atomic mass is 31.2. The number of likely N-dealkylation sites (N-methyl/N-ethyl adjacent to an activating group) is 1. The fourth-order valence-corrected chi connectivity index (χ4v) is 11.5. The molecule has 10 heteroatoms. The van der Waals surface area contributed by atoms with Crippen LogP contribution in [0.3, 0.4) is 0 Å². The molecule has 1 amide bonds. The average Bonchev–Trinajstić information content (AvgIpc) is 3.67. The third-order valence-corrected chi connectivity index (χ3v) is 17.5. The summed E-state index contributed by atoms with van der Waals surface area (Å²) in [4.78, 5) is 38.0. The maximum absolute atomic E-state index is 13.7. The Morgan fingerprint density at radius 3 is 1.10 bits per heavy atom. The summed E-state index contributed by atoms with van der Waals surface area (Å²) in [7, 11) is 1.49. The first-order chi connectivity index (χ1) is 43.4. The van der Waals surface area contributed by atoms with Gasteiger partial charge in [0, 0.05) is 12.8 Å². The third-order valence-electron chi connectivity index (χ3n) is 16.5. The smallest absolute Gasteiger partial charge is 0.456 e. The van der Waals surface area contributed by atoms with Crippen molar-refractivity contribution >= 4 is 19.7 Å². The van der Waals surface area contributed by atoms with Crippen LogP contribution in [0.1, 0.15) is 342 Å². The van der Waals surface area contributed by atoms with Crippen molar-refractivity contribution in [1.29, 1.82) is 0 Å². The molecule has 0 bridgehead atoms. The van der Waals surface area contributed by atoms with E-state index in [1.54, 1.807) is 0 Å². The van der Waals surface area contributed by atoms with Gasteiger partial charge in [-0.15, -0.1) is 0 Å². The second kappa shape index (κ2) is 67.8. The fraction of sp³-hybridized carbons (Fsp3) is 0.772. The molecule has 0 spiro atoms. The molecule has 0 saturated carbocycles. The Bertz CT molecular complexity index is 1840. The van der Waals surface area contributed by atoms with Gasteiger partial charge in [0.25, 0.3) is 0 Å². The van der Waals surface area contributed by atoms with Gasteiger partial charge in [-0.2, -0.15) is 0 Å². The highest BCUT2D eigenvalue weighted by Crippen LogP contribution is 2.43. The van der Waals surface area contributed by atoms with E-state index in [0.717, 1.165) is 109 Å². The topological polar surface area (TPSA) is 111 Å². The average molecular weight is 1270 g/mol. The highest BCUT2D eigenvalue weighted by Gasteiger charge is 2.30. The molecule has 0 rings (SSSR count). The molecule has 0 radical (unpaired) electrons. The number of unbranched alkanes of at least 4 members (excludes halogenated alkanes) is 38. The van der Waals surface area contributed by atoms with Crippen molar-refractivity contribution in [2.24, 2.45) is 0 Å². The standard InChI is InChI=1S/C79H143N2O7P/c1-7-10-13-16-19-22-25-28-30-32-34-36-38-40-42-44-46-48-50-53-56-59-62-65-68-71-78(82)80-76(75-87-89(84,85)86-74-73-81(4,5)6)77(70-67-64-61-58-55-52-27-24-21-18-15-12-9-3)88-79(83)72-69-66-63-60-57-54-51-49-47-45-43-41-39-37-35-33-31-29-26-23-20-17-14-11-8-2/h10,13,19-20,22-23,28-31,34,36,40,42,67,70,76-77H,7-9,11-12,14-18,21,24-27,32-33,35,37-39,41,43-66,68-69,71-75H2,1-6H3,(H-,80,82,84,85)/p+1/b13-10-,22-19-,23-20-,30-28-,31-29-,36-34-,42-40-,70-67+. The van der Waals surface area contributed by atoms with E-state index in [0.29, 0.717) is 17.4 Å². The molecular formula is C79H144N2O7P+. The molecule has 0 fully saturated rings. The van der Waals surface area contributed by atoms with E-state index >= 15 is 0 Å². The molecule has 0 aliphatic carbocycles. The number of carbonyl (C=O) groups excluding carboxylic acids is 2. The van der Waals surface area contributed by atoms with Gasteiger partial charge < -0.3 is 19.4 Å². The maximum Gasteiger partial charge on any atom is 0.472 e. The summed E-state index contributed by atoms with van der Waals surface area (Å²) in [5.41, 5.74) is 0. The normalized spacial score (nSPS) is 14.0. The van der Waals surface area contributed by atoms with E-state index in [2.05, 4.69) is 111 Å². The quantitative estimate of drug-likeness (QED) is 0.0205. The molecule has 516 valence electrons. The van der Waals surface area contributed by atoms with Crippen LogP contribution in [0.2, 0.25) is 0 Å². The lowest BCUT2D eigenvalue weighted by Crippen LogP contribution is -2.47. The van der Waals surface area contributed by atoms with Gasteiger partial charge in [0.2, 0.25) is 5.91 Å². The Kier molecular flexibility index (Phi) is 65.5. The van der Waals surface area contributed by atoms with Crippen molar-refractivity contribution < 1.29 is 37.3 Å². The molecule has 9 nitrogen and oxygen atoms in total. The maximum atomic E-state index is 13.7. The van der Waals surface area contributed by atoms with Crippen molar-refractivity contribution in [2.75, 3.05) is 40.9 Å². The van der Waals surface area contributed by atoms with E-state index in [4.69, 9.17) is 13.8 Å². The Hall–Kier alpha value is -3.07. The van der Waals surface area contributed by atoms with E-state index in [1.807, 2.05) is 33.3 Å². The van der Waals surface area contributed by atoms with Gasteiger partial charge in [0.1, 0.15) is 19.3 Å². The van der Waals surface area contributed by atoms with Crippen molar-refractivity contribution in [3.05, 3.63) is 97.2 Å². The number of amides is 1. The van der Waals surface area contributed by atoms with E-state index in [1.165, 1.54) is 199 Å². The first kappa shape index (κ1) is 85.9. The van der Waals surface area contributed by atoms with E-state index in [-0.39, 0.29) is 31.5 Å². The molecule has 0 heterocycles. The first-order valence-corrected chi connectivity index (χ1v) is 39.1. The monoisotopic (exact) mass is 1260 g/mol. The molecule has 0 aliphatic rings. The van der Waals surface area contributed by atoms with Gasteiger partial charge in [0.15, 0.2) is 0 Å². The number of rotatable bonds is 68. The van der Waals surface area contributed by atoms with Gasteiger partial charge in [-0.25, -0.2) is 4.57 Å². The molecule has 89 heavy (non-hydrogen) atoms. The van der Waals surface area contributed by atoms with Crippen LogP contribution in [0.25, 0.3) is 0 Å². The van der Waals surface area contributed by atoms with Crippen LogP contribution in [-0.2, 0) is 27.9 Å². The Morgan fingerprint density at radius 2 is 0.719 bits per heavy atom. The number of hydrogen-bond acceptors (Lipinski definition) is 6. The van der Waals surface area contributed by atoms with Crippen molar-refractivity contribution in [2.45, 2.75) is 354 Å². The molecule has 0 aromatic rings. The lowest BCUT2D eigenvalue weighted by molar-refractivity contribution is -0.870. The molecule has 0 aromatic heterocycles. The minimum atomic E-state index is -4.46. The summed E-state index contributed by atoms with van der Waals surface area (Å²) >= 11 is 0. The zero-order chi connectivity index (χ0) is 64.9. The lowest BCUT2D eigenvalue weighted by atomic mass is 10.0. The van der Waals surface area contributed by atoms with Crippen molar-refractivity contribution in [3.63, 3.8) is 0 Å². The molecule has 0 aromatic carbocycles. The number of ether oxygens (including phenoxy) is 1. The number of esters is 1. The van der Waals surface area contributed by atoms with Crippen LogP contribution in [0, 0.1) is 0 Å². The summed E-state index contributed by atoms with van der Waals surface area (Å²) < 4.78 is 30.9. The van der Waals surface area contributed by atoms with Crippen LogP contribution in [0.5, 0.6) is 0 Å². The third kappa shape index (κ3) is 69.1.